The third-order valence-corrected chi connectivity index (χ3v) is 2.90. The van der Waals surface area contributed by atoms with E-state index in [1.807, 2.05) is 13.8 Å². The van der Waals surface area contributed by atoms with Gasteiger partial charge in [0.05, 0.1) is 24.4 Å². The first-order chi connectivity index (χ1) is 8.86. The zero-order chi connectivity index (χ0) is 14.6. The van der Waals surface area contributed by atoms with E-state index in [2.05, 4.69) is 10.1 Å². The highest BCUT2D eigenvalue weighted by Crippen LogP contribution is 2.22. The Balaban J connectivity index is 3.01. The molecule has 0 spiro atoms. The fourth-order valence-corrected chi connectivity index (χ4v) is 1.60. The monoisotopic (exact) mass is 284 g/mol. The Hall–Kier alpha value is -1.59. The van der Waals surface area contributed by atoms with Gasteiger partial charge in [0.25, 0.3) is 0 Å². The van der Waals surface area contributed by atoms with Gasteiger partial charge in [0.1, 0.15) is 0 Å². The SMILES string of the molecule is COC(=O)c1cc(Cl)ccc1NC(=O)[C@H](N)C(C)C. The van der Waals surface area contributed by atoms with E-state index in [4.69, 9.17) is 17.3 Å². The van der Waals surface area contributed by atoms with E-state index in [-0.39, 0.29) is 17.4 Å². The highest BCUT2D eigenvalue weighted by atomic mass is 35.5. The fourth-order valence-electron chi connectivity index (χ4n) is 1.42. The quantitative estimate of drug-likeness (QED) is 0.829. The Morgan fingerprint density at radius 1 is 1.37 bits per heavy atom. The lowest BCUT2D eigenvalue weighted by Gasteiger charge is -2.16. The first kappa shape index (κ1) is 15.5. The summed E-state index contributed by atoms with van der Waals surface area (Å²) >= 11 is 5.82. The van der Waals surface area contributed by atoms with Gasteiger partial charge in [-0.05, 0) is 24.1 Å². The molecule has 0 heterocycles. The molecule has 1 atom stereocenters. The second-order valence-electron chi connectivity index (χ2n) is 4.44. The molecule has 1 rings (SSSR count). The van der Waals surface area contributed by atoms with Crippen LogP contribution in [0.4, 0.5) is 5.69 Å². The number of hydrogen-bond donors (Lipinski definition) is 2. The van der Waals surface area contributed by atoms with E-state index < -0.39 is 12.0 Å². The highest BCUT2D eigenvalue weighted by Gasteiger charge is 2.20. The van der Waals surface area contributed by atoms with Crippen LogP contribution in [0.3, 0.4) is 0 Å². The summed E-state index contributed by atoms with van der Waals surface area (Å²) in [5.41, 5.74) is 6.27. The largest absolute Gasteiger partial charge is 0.465 e. The predicted molar refractivity (Wildman–Crippen MR) is 74.2 cm³/mol. The molecule has 0 radical (unpaired) electrons. The van der Waals surface area contributed by atoms with Crippen LogP contribution in [-0.4, -0.2) is 25.0 Å². The van der Waals surface area contributed by atoms with Crippen molar-refractivity contribution in [3.8, 4) is 0 Å². The number of carbonyl (C=O) groups excluding carboxylic acids is 2. The van der Waals surface area contributed by atoms with Gasteiger partial charge in [0, 0.05) is 5.02 Å². The summed E-state index contributed by atoms with van der Waals surface area (Å²) in [7, 11) is 1.26. The molecule has 0 aromatic heterocycles. The molecule has 0 fully saturated rings. The maximum Gasteiger partial charge on any atom is 0.340 e. The van der Waals surface area contributed by atoms with Crippen molar-refractivity contribution >= 4 is 29.2 Å². The van der Waals surface area contributed by atoms with Gasteiger partial charge in [0.2, 0.25) is 5.91 Å². The van der Waals surface area contributed by atoms with Gasteiger partial charge in [-0.2, -0.15) is 0 Å². The number of hydrogen-bond acceptors (Lipinski definition) is 4. The molecule has 0 saturated carbocycles. The number of rotatable bonds is 4. The predicted octanol–water partition coefficient (Wildman–Crippen LogP) is 2.05. The molecule has 5 nitrogen and oxygen atoms in total. The summed E-state index contributed by atoms with van der Waals surface area (Å²) in [6, 6.07) is 3.90. The Labute approximate surface area is 117 Å². The zero-order valence-corrected chi connectivity index (χ0v) is 11.8. The van der Waals surface area contributed by atoms with Crippen LogP contribution in [0.2, 0.25) is 5.02 Å². The molecular weight excluding hydrogens is 268 g/mol. The summed E-state index contributed by atoms with van der Waals surface area (Å²) in [6.45, 7) is 3.68. The van der Waals surface area contributed by atoms with Gasteiger partial charge in [-0.3, -0.25) is 4.79 Å². The molecule has 0 unspecified atom stereocenters. The van der Waals surface area contributed by atoms with Gasteiger partial charge in [0.15, 0.2) is 0 Å². The molecule has 0 bridgehead atoms. The number of benzene rings is 1. The lowest BCUT2D eigenvalue weighted by Crippen LogP contribution is -2.40. The lowest BCUT2D eigenvalue weighted by molar-refractivity contribution is -0.118. The van der Waals surface area contributed by atoms with Gasteiger partial charge in [-0.15, -0.1) is 0 Å². The molecule has 3 N–H and O–H groups in total. The van der Waals surface area contributed by atoms with Crippen LogP contribution < -0.4 is 11.1 Å². The van der Waals surface area contributed by atoms with Crippen LogP contribution in [0.15, 0.2) is 18.2 Å². The number of amides is 1. The number of nitrogens with two attached hydrogens (primary N) is 1. The average molecular weight is 285 g/mol. The molecule has 19 heavy (non-hydrogen) atoms. The smallest absolute Gasteiger partial charge is 0.340 e. The van der Waals surface area contributed by atoms with Crippen LogP contribution in [0.5, 0.6) is 0 Å². The van der Waals surface area contributed by atoms with Crippen LogP contribution in [0.1, 0.15) is 24.2 Å². The van der Waals surface area contributed by atoms with E-state index in [0.29, 0.717) is 10.7 Å². The lowest BCUT2D eigenvalue weighted by atomic mass is 10.0. The van der Waals surface area contributed by atoms with Gasteiger partial charge in [-0.25, -0.2) is 4.79 Å². The summed E-state index contributed by atoms with van der Waals surface area (Å²) in [4.78, 5) is 23.5. The maximum atomic E-state index is 11.9. The molecule has 1 aromatic carbocycles. The van der Waals surface area contributed by atoms with Crippen molar-refractivity contribution in [1.82, 2.24) is 0 Å². The van der Waals surface area contributed by atoms with E-state index in [1.165, 1.54) is 13.2 Å². The van der Waals surface area contributed by atoms with Crippen molar-refractivity contribution in [3.05, 3.63) is 28.8 Å². The minimum absolute atomic E-state index is 0.00567. The molecule has 104 valence electrons. The highest BCUT2D eigenvalue weighted by molar-refractivity contribution is 6.31. The molecule has 0 aliphatic carbocycles. The summed E-state index contributed by atoms with van der Waals surface area (Å²) in [6.07, 6.45) is 0. The Morgan fingerprint density at radius 2 is 2.00 bits per heavy atom. The second kappa shape index (κ2) is 6.54. The maximum absolute atomic E-state index is 11.9. The summed E-state index contributed by atoms with van der Waals surface area (Å²) in [5, 5.41) is 2.99. The number of carbonyl (C=O) groups is 2. The molecule has 0 aliphatic heterocycles. The molecule has 6 heteroatoms. The molecule has 0 aliphatic rings. The van der Waals surface area contributed by atoms with Crippen LogP contribution in [0, 0.1) is 5.92 Å². The minimum Gasteiger partial charge on any atom is -0.465 e. The van der Waals surface area contributed by atoms with E-state index >= 15 is 0 Å². The van der Waals surface area contributed by atoms with Crippen molar-refractivity contribution in [2.24, 2.45) is 11.7 Å². The second-order valence-corrected chi connectivity index (χ2v) is 4.88. The Morgan fingerprint density at radius 3 is 2.53 bits per heavy atom. The Kier molecular flexibility index (Phi) is 5.32. The topological polar surface area (TPSA) is 81.4 Å². The van der Waals surface area contributed by atoms with E-state index in [0.717, 1.165) is 0 Å². The summed E-state index contributed by atoms with van der Waals surface area (Å²) < 4.78 is 4.64. The van der Waals surface area contributed by atoms with Gasteiger partial charge >= 0.3 is 5.97 Å². The third-order valence-electron chi connectivity index (χ3n) is 2.67. The van der Waals surface area contributed by atoms with Gasteiger partial charge in [-0.1, -0.05) is 25.4 Å². The van der Waals surface area contributed by atoms with E-state index in [9.17, 15) is 9.59 Å². The number of halogens is 1. The number of methoxy groups -OCH3 is 1. The third kappa shape index (κ3) is 3.94. The first-order valence-corrected chi connectivity index (χ1v) is 6.19. The number of anilines is 1. The van der Waals surface area contributed by atoms with Crippen LogP contribution >= 0.6 is 11.6 Å². The number of nitrogens with one attached hydrogen (secondary N) is 1. The van der Waals surface area contributed by atoms with Crippen molar-refractivity contribution < 1.29 is 14.3 Å². The molecule has 1 aromatic rings. The normalized spacial score (nSPS) is 12.1. The Bertz CT molecular complexity index is 489. The van der Waals surface area contributed by atoms with Gasteiger partial charge < -0.3 is 15.8 Å². The number of ether oxygens (including phenoxy) is 1. The fraction of sp³-hybridized carbons (Fsp3) is 0.385. The molecule has 1 amide bonds. The summed E-state index contributed by atoms with van der Waals surface area (Å²) in [5.74, 6) is -0.938. The van der Waals surface area contributed by atoms with Crippen molar-refractivity contribution in [2.45, 2.75) is 19.9 Å². The van der Waals surface area contributed by atoms with Crippen molar-refractivity contribution in [1.29, 1.82) is 0 Å². The first-order valence-electron chi connectivity index (χ1n) is 5.81. The molecule has 0 saturated heterocycles. The standard InChI is InChI=1S/C13H17ClN2O3/c1-7(2)11(15)12(17)16-10-5-4-8(14)6-9(10)13(18)19-3/h4-7,11H,15H2,1-3H3,(H,16,17)/t11-/m1/s1. The van der Waals surface area contributed by atoms with E-state index in [1.54, 1.807) is 12.1 Å². The van der Waals surface area contributed by atoms with Crippen molar-refractivity contribution in [3.63, 3.8) is 0 Å². The van der Waals surface area contributed by atoms with Crippen molar-refractivity contribution in [2.75, 3.05) is 12.4 Å². The average Bonchev–Trinajstić information content (AvgIpc) is 2.38. The minimum atomic E-state index is -0.652. The van der Waals surface area contributed by atoms with Crippen LogP contribution in [-0.2, 0) is 9.53 Å². The number of esters is 1. The zero-order valence-electron chi connectivity index (χ0n) is 11.1. The van der Waals surface area contributed by atoms with Crippen LogP contribution in [0.25, 0.3) is 0 Å². The molecular formula is C13H17ClN2O3.